The van der Waals surface area contributed by atoms with Gasteiger partial charge in [-0.1, -0.05) is 39.5 Å². The van der Waals surface area contributed by atoms with Crippen molar-refractivity contribution in [2.24, 2.45) is 17.8 Å². The van der Waals surface area contributed by atoms with Gasteiger partial charge in [0.2, 0.25) is 0 Å². The molecule has 5 atom stereocenters. The monoisotopic (exact) mass is 248 g/mol. The van der Waals surface area contributed by atoms with E-state index in [1.165, 1.54) is 44.9 Å². The molecule has 2 nitrogen and oxygen atoms in total. The van der Waals surface area contributed by atoms with E-state index in [-0.39, 0.29) is 5.92 Å². The van der Waals surface area contributed by atoms with Gasteiger partial charge in [0.15, 0.2) is 0 Å². The van der Waals surface area contributed by atoms with Gasteiger partial charge in [-0.2, -0.15) is 5.26 Å². The molecule has 0 saturated heterocycles. The maximum atomic E-state index is 9.33. The minimum Gasteiger partial charge on any atom is -0.310 e. The molecule has 0 aromatic rings. The Kier molecular flexibility index (Phi) is 5.06. The highest BCUT2D eigenvalue weighted by Crippen LogP contribution is 2.35. The van der Waals surface area contributed by atoms with Crippen LogP contribution in [-0.4, -0.2) is 12.1 Å². The Balaban J connectivity index is 1.93. The molecule has 0 radical (unpaired) electrons. The highest BCUT2D eigenvalue weighted by molar-refractivity contribution is 4.97. The molecule has 1 N–H and O–H groups in total. The second-order valence-electron chi connectivity index (χ2n) is 6.36. The van der Waals surface area contributed by atoms with E-state index in [4.69, 9.17) is 0 Å². The van der Waals surface area contributed by atoms with Crippen LogP contribution in [0.1, 0.15) is 65.2 Å². The molecule has 0 aromatic heterocycles. The van der Waals surface area contributed by atoms with Crippen molar-refractivity contribution in [3.8, 4) is 6.07 Å². The van der Waals surface area contributed by atoms with Crippen LogP contribution in [-0.2, 0) is 0 Å². The van der Waals surface area contributed by atoms with E-state index in [2.05, 4.69) is 25.2 Å². The summed E-state index contributed by atoms with van der Waals surface area (Å²) in [5.41, 5.74) is 0. The van der Waals surface area contributed by atoms with Crippen LogP contribution in [0, 0.1) is 29.1 Å². The molecule has 102 valence electrons. The third-order valence-electron chi connectivity index (χ3n) is 5.36. The summed E-state index contributed by atoms with van der Waals surface area (Å²) in [4.78, 5) is 0. The van der Waals surface area contributed by atoms with Gasteiger partial charge < -0.3 is 5.32 Å². The van der Waals surface area contributed by atoms with Crippen LogP contribution >= 0.6 is 0 Å². The number of hydrogen-bond acceptors (Lipinski definition) is 2. The van der Waals surface area contributed by atoms with Gasteiger partial charge in [0.25, 0.3) is 0 Å². The minimum atomic E-state index is 0.250. The fourth-order valence-electron chi connectivity index (χ4n) is 4.00. The zero-order valence-corrected chi connectivity index (χ0v) is 12.0. The third kappa shape index (κ3) is 3.06. The number of nitrogens with one attached hydrogen (secondary N) is 1. The molecule has 0 bridgehead atoms. The summed E-state index contributed by atoms with van der Waals surface area (Å²) in [6, 6.07) is 3.67. The summed E-state index contributed by atoms with van der Waals surface area (Å²) in [5.74, 6) is 1.94. The summed E-state index contributed by atoms with van der Waals surface area (Å²) in [7, 11) is 0. The molecule has 2 heteroatoms. The molecule has 2 aliphatic rings. The second-order valence-corrected chi connectivity index (χ2v) is 6.36. The fourth-order valence-corrected chi connectivity index (χ4v) is 4.00. The summed E-state index contributed by atoms with van der Waals surface area (Å²) >= 11 is 0. The first-order chi connectivity index (χ1) is 8.76. The van der Waals surface area contributed by atoms with Gasteiger partial charge in [-0.15, -0.1) is 0 Å². The Bertz CT molecular complexity index is 294. The molecule has 0 aromatic carbocycles. The largest absolute Gasteiger partial charge is 0.310 e. The van der Waals surface area contributed by atoms with E-state index in [1.54, 1.807) is 0 Å². The molecule has 0 heterocycles. The quantitative estimate of drug-likeness (QED) is 0.770. The van der Waals surface area contributed by atoms with Crippen LogP contribution in [0.2, 0.25) is 0 Å². The Hall–Kier alpha value is -0.550. The topological polar surface area (TPSA) is 35.8 Å². The number of hydrogen-bond donors (Lipinski definition) is 1. The molecule has 2 saturated carbocycles. The van der Waals surface area contributed by atoms with Crippen LogP contribution in [0.15, 0.2) is 0 Å². The maximum absolute atomic E-state index is 9.33. The van der Waals surface area contributed by atoms with Crippen molar-refractivity contribution in [1.29, 1.82) is 5.26 Å². The van der Waals surface area contributed by atoms with E-state index in [0.29, 0.717) is 12.1 Å². The Morgan fingerprint density at radius 3 is 2.50 bits per heavy atom. The first-order valence-corrected chi connectivity index (χ1v) is 7.92. The van der Waals surface area contributed by atoms with E-state index in [0.717, 1.165) is 18.3 Å². The maximum Gasteiger partial charge on any atom is 0.0672 e. The standard InChI is InChI=1S/C16H28N2/c1-3-13-9-10-15(12(13)2)18-16-8-6-4-5-7-14(16)11-17/h12-16,18H,3-10H2,1-2H3. The van der Waals surface area contributed by atoms with Crippen molar-refractivity contribution in [3.63, 3.8) is 0 Å². The first kappa shape index (κ1) is 13.9. The first-order valence-electron chi connectivity index (χ1n) is 7.92. The molecule has 0 amide bonds. The van der Waals surface area contributed by atoms with Crippen molar-refractivity contribution in [3.05, 3.63) is 0 Å². The molecule has 0 spiro atoms. The average Bonchev–Trinajstić information content (AvgIpc) is 2.61. The predicted molar refractivity (Wildman–Crippen MR) is 75.1 cm³/mol. The van der Waals surface area contributed by atoms with Gasteiger partial charge in [-0.3, -0.25) is 0 Å². The Morgan fingerprint density at radius 2 is 1.83 bits per heavy atom. The van der Waals surface area contributed by atoms with Gasteiger partial charge in [0.05, 0.1) is 12.0 Å². The van der Waals surface area contributed by atoms with E-state index < -0.39 is 0 Å². The predicted octanol–water partition coefficient (Wildman–Crippen LogP) is 3.87. The smallest absolute Gasteiger partial charge is 0.0672 e. The van der Waals surface area contributed by atoms with Crippen LogP contribution in [0.25, 0.3) is 0 Å². The Morgan fingerprint density at radius 1 is 1.06 bits per heavy atom. The summed E-state index contributed by atoms with van der Waals surface area (Å²) < 4.78 is 0. The number of nitrogens with zero attached hydrogens (tertiary/aromatic N) is 1. The molecule has 18 heavy (non-hydrogen) atoms. The fraction of sp³-hybridized carbons (Fsp3) is 0.938. The molecule has 2 fully saturated rings. The molecule has 5 unspecified atom stereocenters. The van der Waals surface area contributed by atoms with E-state index in [1.807, 2.05) is 0 Å². The lowest BCUT2D eigenvalue weighted by atomic mass is 9.91. The average molecular weight is 248 g/mol. The summed E-state index contributed by atoms with van der Waals surface area (Å²) in [6.45, 7) is 4.71. The lowest BCUT2D eigenvalue weighted by Gasteiger charge is -2.28. The van der Waals surface area contributed by atoms with Crippen LogP contribution in [0.3, 0.4) is 0 Å². The zero-order chi connectivity index (χ0) is 13.0. The van der Waals surface area contributed by atoms with Crippen LogP contribution < -0.4 is 5.32 Å². The second kappa shape index (κ2) is 6.57. The van der Waals surface area contributed by atoms with Crippen molar-refractivity contribution in [1.82, 2.24) is 5.32 Å². The van der Waals surface area contributed by atoms with Crippen molar-refractivity contribution >= 4 is 0 Å². The Labute approximate surface area is 112 Å². The third-order valence-corrected chi connectivity index (χ3v) is 5.36. The van der Waals surface area contributed by atoms with Gasteiger partial charge in [0, 0.05) is 12.1 Å². The number of nitriles is 1. The summed E-state index contributed by atoms with van der Waals surface area (Å²) in [5, 5.41) is 13.2. The number of rotatable bonds is 3. The van der Waals surface area contributed by atoms with Gasteiger partial charge in [-0.05, 0) is 37.5 Å². The normalized spacial score (nSPS) is 41.3. The lowest BCUT2D eigenvalue weighted by Crippen LogP contribution is -2.43. The van der Waals surface area contributed by atoms with Crippen LogP contribution in [0.5, 0.6) is 0 Å². The molecule has 0 aliphatic heterocycles. The SMILES string of the molecule is CCC1CCC(NC2CCCCCC2C#N)C1C. The van der Waals surface area contributed by atoms with Gasteiger partial charge >= 0.3 is 0 Å². The van der Waals surface area contributed by atoms with Gasteiger partial charge in [0.1, 0.15) is 0 Å². The van der Waals surface area contributed by atoms with E-state index >= 15 is 0 Å². The molecular formula is C16H28N2. The molecule has 2 rings (SSSR count). The van der Waals surface area contributed by atoms with Crippen molar-refractivity contribution < 1.29 is 0 Å². The van der Waals surface area contributed by atoms with E-state index in [9.17, 15) is 5.26 Å². The zero-order valence-electron chi connectivity index (χ0n) is 12.0. The van der Waals surface area contributed by atoms with Crippen molar-refractivity contribution in [2.45, 2.75) is 77.3 Å². The van der Waals surface area contributed by atoms with Gasteiger partial charge in [-0.25, -0.2) is 0 Å². The highest BCUT2D eigenvalue weighted by atomic mass is 15.0. The lowest BCUT2D eigenvalue weighted by molar-refractivity contribution is 0.287. The van der Waals surface area contributed by atoms with Crippen LogP contribution in [0.4, 0.5) is 0 Å². The molecule has 2 aliphatic carbocycles. The highest BCUT2D eigenvalue weighted by Gasteiger charge is 2.34. The minimum absolute atomic E-state index is 0.250. The molecular weight excluding hydrogens is 220 g/mol. The summed E-state index contributed by atoms with van der Waals surface area (Å²) in [6.07, 6.45) is 10.2. The van der Waals surface area contributed by atoms with Crippen molar-refractivity contribution in [2.75, 3.05) is 0 Å².